The van der Waals surface area contributed by atoms with Gasteiger partial charge in [0, 0.05) is 37.6 Å². The van der Waals surface area contributed by atoms with Crippen LogP contribution in [0.4, 0.5) is 10.1 Å². The predicted molar refractivity (Wildman–Crippen MR) is 117 cm³/mol. The van der Waals surface area contributed by atoms with E-state index in [9.17, 15) is 19.1 Å². The molecule has 3 fully saturated rings. The number of aliphatic hydroxyl groups is 1. The van der Waals surface area contributed by atoms with E-state index in [1.807, 2.05) is 4.90 Å². The fourth-order valence-corrected chi connectivity index (χ4v) is 5.71. The minimum atomic E-state index is -0.578. The van der Waals surface area contributed by atoms with Gasteiger partial charge in [0.05, 0.1) is 11.8 Å². The number of nitrogens with one attached hydrogen (secondary N) is 1. The van der Waals surface area contributed by atoms with Gasteiger partial charge in [0.25, 0.3) is 0 Å². The Balaban J connectivity index is 1.37. The van der Waals surface area contributed by atoms with E-state index < -0.39 is 17.9 Å². The van der Waals surface area contributed by atoms with E-state index in [4.69, 9.17) is 0 Å². The molecule has 31 heavy (non-hydrogen) atoms. The number of carbonyl (C=O) groups excluding carboxylic acids is 2. The van der Waals surface area contributed by atoms with Crippen LogP contribution in [0.25, 0.3) is 0 Å². The molecule has 3 aliphatic rings. The van der Waals surface area contributed by atoms with Gasteiger partial charge >= 0.3 is 11.8 Å². The number of nitrogens with zero attached hydrogens (tertiary/aromatic N) is 2. The van der Waals surface area contributed by atoms with Crippen LogP contribution in [0, 0.1) is 17.7 Å². The maximum atomic E-state index is 14.2. The van der Waals surface area contributed by atoms with Crippen molar-refractivity contribution < 1.29 is 19.1 Å². The molecule has 0 spiro atoms. The van der Waals surface area contributed by atoms with Gasteiger partial charge in [-0.3, -0.25) is 9.59 Å². The summed E-state index contributed by atoms with van der Waals surface area (Å²) >= 11 is 0. The predicted octanol–water partition coefficient (Wildman–Crippen LogP) is 2.70. The summed E-state index contributed by atoms with van der Waals surface area (Å²) in [6.45, 7) is 3.98. The third-order valence-electron chi connectivity index (χ3n) is 7.32. The number of rotatable bonds is 3. The van der Waals surface area contributed by atoms with E-state index in [1.165, 1.54) is 6.07 Å². The van der Waals surface area contributed by atoms with Gasteiger partial charge in [-0.25, -0.2) is 4.39 Å². The van der Waals surface area contributed by atoms with Crippen molar-refractivity contribution in [3.05, 3.63) is 30.1 Å². The molecule has 1 saturated carbocycles. The number of benzene rings is 1. The number of amides is 2. The molecular weight excluding hydrogens is 397 g/mol. The molecule has 5 unspecified atom stereocenters. The summed E-state index contributed by atoms with van der Waals surface area (Å²) in [4.78, 5) is 29.5. The molecule has 1 aromatic carbocycles. The second-order valence-corrected chi connectivity index (χ2v) is 9.57. The zero-order valence-corrected chi connectivity index (χ0v) is 18.3. The van der Waals surface area contributed by atoms with Crippen LogP contribution >= 0.6 is 0 Å². The SMILES string of the molecule is CC1CCC(O)C(C2CCCN2C(=O)C(=O)NC2CCCN(c3ccccc3F)C2)C1. The lowest BCUT2D eigenvalue weighted by molar-refractivity contribution is -0.148. The molecule has 0 aromatic heterocycles. The molecule has 4 rings (SSSR count). The van der Waals surface area contributed by atoms with Gasteiger partial charge in [-0.1, -0.05) is 19.1 Å². The van der Waals surface area contributed by atoms with Gasteiger partial charge in [-0.05, 0) is 63.0 Å². The molecular formula is C24H34FN3O3. The van der Waals surface area contributed by atoms with Crippen molar-refractivity contribution in [2.75, 3.05) is 24.5 Å². The first kappa shape index (κ1) is 22.1. The van der Waals surface area contributed by atoms with Crippen LogP contribution in [0.1, 0.15) is 51.9 Å². The Morgan fingerprint density at radius 3 is 2.68 bits per heavy atom. The van der Waals surface area contributed by atoms with Gasteiger partial charge in [0.1, 0.15) is 5.82 Å². The lowest BCUT2D eigenvalue weighted by Crippen LogP contribution is -2.54. The monoisotopic (exact) mass is 431 g/mol. The molecule has 170 valence electrons. The summed E-state index contributed by atoms with van der Waals surface area (Å²) in [6.07, 6.45) is 5.59. The number of piperidine rings is 1. The average Bonchev–Trinajstić information content (AvgIpc) is 3.25. The van der Waals surface area contributed by atoms with Crippen molar-refractivity contribution in [1.82, 2.24) is 10.2 Å². The highest BCUT2D eigenvalue weighted by Gasteiger charge is 2.42. The molecule has 0 radical (unpaired) electrons. The highest BCUT2D eigenvalue weighted by atomic mass is 19.1. The lowest BCUT2D eigenvalue weighted by Gasteiger charge is -2.39. The molecule has 0 bridgehead atoms. The number of halogens is 1. The van der Waals surface area contributed by atoms with Crippen LogP contribution in [0.2, 0.25) is 0 Å². The van der Waals surface area contributed by atoms with Crippen molar-refractivity contribution >= 4 is 17.5 Å². The van der Waals surface area contributed by atoms with Crippen LogP contribution in [0.3, 0.4) is 0 Å². The number of likely N-dealkylation sites (tertiary alicyclic amines) is 1. The third kappa shape index (κ3) is 4.86. The smallest absolute Gasteiger partial charge is 0.312 e. The Bertz CT molecular complexity index is 804. The van der Waals surface area contributed by atoms with Crippen molar-refractivity contribution in [3.63, 3.8) is 0 Å². The van der Waals surface area contributed by atoms with Gasteiger partial charge in [0.2, 0.25) is 0 Å². The summed E-state index contributed by atoms with van der Waals surface area (Å²) in [5.74, 6) is -0.757. The van der Waals surface area contributed by atoms with Crippen LogP contribution in [0.15, 0.2) is 24.3 Å². The van der Waals surface area contributed by atoms with Gasteiger partial charge in [-0.2, -0.15) is 0 Å². The first-order chi connectivity index (χ1) is 14.9. The standard InChI is InChI=1S/C24H34FN3O3/c1-16-10-11-22(29)18(14-16)20-9-5-13-28(20)24(31)23(30)26-17-6-4-12-27(15-17)21-8-3-2-7-19(21)25/h2-3,7-8,16-18,20,22,29H,4-6,9-15H2,1H3,(H,26,30). The first-order valence-corrected chi connectivity index (χ1v) is 11.7. The number of hydrogen-bond acceptors (Lipinski definition) is 4. The highest BCUT2D eigenvalue weighted by Crippen LogP contribution is 2.37. The number of anilines is 1. The van der Waals surface area contributed by atoms with Gasteiger partial charge in [0.15, 0.2) is 0 Å². The van der Waals surface area contributed by atoms with Crippen LogP contribution in [0.5, 0.6) is 0 Å². The molecule has 2 heterocycles. The number of para-hydroxylation sites is 1. The lowest BCUT2D eigenvalue weighted by atomic mass is 9.76. The van der Waals surface area contributed by atoms with Gasteiger partial charge < -0.3 is 20.2 Å². The summed E-state index contributed by atoms with van der Waals surface area (Å²) in [6, 6.07) is 6.41. The first-order valence-electron chi connectivity index (χ1n) is 11.7. The summed E-state index contributed by atoms with van der Waals surface area (Å²) in [5.41, 5.74) is 0.535. The molecule has 2 N–H and O–H groups in total. The van der Waals surface area contributed by atoms with Crippen molar-refractivity contribution in [3.8, 4) is 0 Å². The van der Waals surface area contributed by atoms with E-state index >= 15 is 0 Å². The topological polar surface area (TPSA) is 72.9 Å². The molecule has 2 saturated heterocycles. The molecule has 5 atom stereocenters. The zero-order chi connectivity index (χ0) is 22.0. The minimum absolute atomic E-state index is 0.0502. The largest absolute Gasteiger partial charge is 0.393 e. The quantitative estimate of drug-likeness (QED) is 0.722. The van der Waals surface area contributed by atoms with E-state index in [1.54, 1.807) is 23.1 Å². The maximum Gasteiger partial charge on any atom is 0.312 e. The van der Waals surface area contributed by atoms with Crippen molar-refractivity contribution in [2.45, 2.75) is 70.1 Å². The Kier molecular flexibility index (Phi) is 6.80. The van der Waals surface area contributed by atoms with Crippen LogP contribution in [-0.2, 0) is 9.59 Å². The summed E-state index contributed by atoms with van der Waals surface area (Å²) < 4.78 is 14.2. The molecule has 2 aliphatic heterocycles. The number of hydrogen-bond donors (Lipinski definition) is 2. The Hall–Kier alpha value is -2.15. The Morgan fingerprint density at radius 1 is 1.10 bits per heavy atom. The third-order valence-corrected chi connectivity index (χ3v) is 7.32. The van der Waals surface area contributed by atoms with E-state index in [-0.39, 0.29) is 23.8 Å². The molecule has 1 aliphatic carbocycles. The van der Waals surface area contributed by atoms with Crippen molar-refractivity contribution in [2.24, 2.45) is 11.8 Å². The van der Waals surface area contributed by atoms with Crippen LogP contribution < -0.4 is 10.2 Å². The Labute approximate surface area is 183 Å². The fourth-order valence-electron chi connectivity index (χ4n) is 5.71. The second-order valence-electron chi connectivity index (χ2n) is 9.57. The average molecular weight is 432 g/mol. The molecule has 2 amide bonds. The maximum absolute atomic E-state index is 14.2. The number of carbonyl (C=O) groups is 2. The van der Waals surface area contributed by atoms with Gasteiger partial charge in [-0.15, -0.1) is 0 Å². The molecule has 6 nitrogen and oxygen atoms in total. The zero-order valence-electron chi connectivity index (χ0n) is 18.3. The summed E-state index contributed by atoms with van der Waals surface area (Å²) in [7, 11) is 0. The molecule has 7 heteroatoms. The van der Waals surface area contributed by atoms with Crippen LogP contribution in [-0.4, -0.2) is 59.6 Å². The molecule has 1 aromatic rings. The number of aliphatic hydroxyl groups excluding tert-OH is 1. The van der Waals surface area contributed by atoms with E-state index in [0.717, 1.165) is 51.5 Å². The highest BCUT2D eigenvalue weighted by molar-refractivity contribution is 6.35. The summed E-state index contributed by atoms with van der Waals surface area (Å²) in [5, 5.41) is 13.4. The minimum Gasteiger partial charge on any atom is -0.393 e. The Morgan fingerprint density at radius 2 is 1.87 bits per heavy atom. The normalized spacial score (nSPS) is 31.5. The second kappa shape index (κ2) is 9.55. The van der Waals surface area contributed by atoms with E-state index in [2.05, 4.69) is 12.2 Å². The fraction of sp³-hybridized carbons (Fsp3) is 0.667. The van der Waals surface area contributed by atoms with Crippen molar-refractivity contribution in [1.29, 1.82) is 0 Å². The van der Waals surface area contributed by atoms with E-state index in [0.29, 0.717) is 24.7 Å².